The van der Waals surface area contributed by atoms with Crippen molar-refractivity contribution in [2.24, 2.45) is 0 Å². The summed E-state index contributed by atoms with van der Waals surface area (Å²) >= 11 is 5.36. The Morgan fingerprint density at radius 1 is 1.23 bits per heavy atom. The molecule has 2 aromatic carbocycles. The number of rotatable bonds is 6. The molecule has 1 heterocycles. The Balaban J connectivity index is 1.81. The maximum atomic E-state index is 12.8. The van der Waals surface area contributed by atoms with Crippen LogP contribution in [0.5, 0.6) is 5.75 Å². The van der Waals surface area contributed by atoms with Gasteiger partial charge < -0.3 is 10.1 Å². The Morgan fingerprint density at radius 2 is 2.00 bits per heavy atom. The van der Waals surface area contributed by atoms with E-state index in [4.69, 9.17) is 17.0 Å². The number of benzene rings is 2. The molecular weight excluding hydrogens is 344 g/mol. The predicted octanol–water partition coefficient (Wildman–Crippen LogP) is 4.08. The molecular formula is C21H20N2O2S. The summed E-state index contributed by atoms with van der Waals surface area (Å²) in [6, 6.07) is 15.3. The van der Waals surface area contributed by atoms with E-state index in [1.807, 2.05) is 48.5 Å². The fraction of sp³-hybridized carbons (Fsp3) is 0.143. The van der Waals surface area contributed by atoms with Gasteiger partial charge in [0.25, 0.3) is 5.91 Å². The van der Waals surface area contributed by atoms with Gasteiger partial charge in [-0.2, -0.15) is 0 Å². The van der Waals surface area contributed by atoms with Gasteiger partial charge in [-0.15, -0.1) is 0 Å². The Bertz CT molecular complexity index is 872. The SMILES string of the molecule is C=CCOc1ccc(/C=C2/NC(=S)N(c3cccc(CC)c3)C2=O)cc1. The first-order valence-electron chi connectivity index (χ1n) is 8.42. The van der Waals surface area contributed by atoms with Gasteiger partial charge in [0.2, 0.25) is 0 Å². The molecule has 132 valence electrons. The number of nitrogens with one attached hydrogen (secondary N) is 1. The molecule has 0 spiro atoms. The Morgan fingerprint density at radius 3 is 2.69 bits per heavy atom. The fourth-order valence-electron chi connectivity index (χ4n) is 2.67. The van der Waals surface area contributed by atoms with E-state index in [1.165, 1.54) is 4.90 Å². The topological polar surface area (TPSA) is 41.6 Å². The highest BCUT2D eigenvalue weighted by Gasteiger charge is 2.31. The van der Waals surface area contributed by atoms with Crippen LogP contribution >= 0.6 is 12.2 Å². The summed E-state index contributed by atoms with van der Waals surface area (Å²) < 4.78 is 5.46. The van der Waals surface area contributed by atoms with E-state index in [0.717, 1.165) is 29.0 Å². The van der Waals surface area contributed by atoms with Crippen LogP contribution < -0.4 is 15.0 Å². The van der Waals surface area contributed by atoms with Crippen LogP contribution in [-0.2, 0) is 11.2 Å². The summed E-state index contributed by atoms with van der Waals surface area (Å²) in [5.41, 5.74) is 3.28. The Hall–Kier alpha value is -2.92. The number of ether oxygens (including phenoxy) is 1. The lowest BCUT2D eigenvalue weighted by atomic mass is 10.1. The van der Waals surface area contributed by atoms with Gasteiger partial charge in [0.15, 0.2) is 5.11 Å². The van der Waals surface area contributed by atoms with E-state index in [-0.39, 0.29) is 5.91 Å². The highest BCUT2D eigenvalue weighted by Crippen LogP contribution is 2.24. The molecule has 0 aliphatic carbocycles. The number of amides is 1. The van der Waals surface area contributed by atoms with E-state index < -0.39 is 0 Å². The fourth-order valence-corrected chi connectivity index (χ4v) is 2.97. The second-order valence-electron chi connectivity index (χ2n) is 5.82. The summed E-state index contributed by atoms with van der Waals surface area (Å²) in [7, 11) is 0. The molecule has 0 unspecified atom stereocenters. The third-order valence-electron chi connectivity index (χ3n) is 4.01. The third-order valence-corrected chi connectivity index (χ3v) is 4.30. The summed E-state index contributed by atoms with van der Waals surface area (Å²) in [5, 5.41) is 3.40. The van der Waals surface area contributed by atoms with Crippen molar-refractivity contribution in [3.05, 3.63) is 78.0 Å². The van der Waals surface area contributed by atoms with Crippen LogP contribution in [0.15, 0.2) is 66.9 Å². The number of hydrogen-bond donors (Lipinski definition) is 1. The van der Waals surface area contributed by atoms with Gasteiger partial charge in [0.1, 0.15) is 18.1 Å². The summed E-state index contributed by atoms with van der Waals surface area (Å²) in [4.78, 5) is 14.3. The van der Waals surface area contributed by atoms with Crippen molar-refractivity contribution >= 4 is 35.0 Å². The van der Waals surface area contributed by atoms with Crippen molar-refractivity contribution in [3.8, 4) is 5.75 Å². The van der Waals surface area contributed by atoms with E-state index in [9.17, 15) is 4.79 Å². The quantitative estimate of drug-likeness (QED) is 0.476. The van der Waals surface area contributed by atoms with Crippen LogP contribution in [0.1, 0.15) is 18.1 Å². The number of carbonyl (C=O) groups is 1. The largest absolute Gasteiger partial charge is 0.490 e. The molecule has 1 saturated heterocycles. The van der Waals surface area contributed by atoms with Gasteiger partial charge in [0.05, 0.1) is 5.69 Å². The summed E-state index contributed by atoms with van der Waals surface area (Å²) in [5.74, 6) is 0.599. The lowest BCUT2D eigenvalue weighted by molar-refractivity contribution is -0.113. The first-order chi connectivity index (χ1) is 12.6. The van der Waals surface area contributed by atoms with Crippen LogP contribution in [0, 0.1) is 0 Å². The maximum absolute atomic E-state index is 12.8. The summed E-state index contributed by atoms with van der Waals surface area (Å²) in [6.45, 7) is 6.16. The van der Waals surface area contributed by atoms with Crippen LogP contribution in [0.25, 0.3) is 6.08 Å². The van der Waals surface area contributed by atoms with Crippen LogP contribution in [0.3, 0.4) is 0 Å². The Kier molecular flexibility index (Phi) is 5.49. The molecule has 0 bridgehead atoms. The minimum atomic E-state index is -0.157. The minimum absolute atomic E-state index is 0.157. The number of anilines is 1. The van der Waals surface area contributed by atoms with Crippen molar-refractivity contribution in [1.82, 2.24) is 5.32 Å². The molecule has 0 saturated carbocycles. The smallest absolute Gasteiger partial charge is 0.281 e. The van der Waals surface area contributed by atoms with Crippen LogP contribution in [0.2, 0.25) is 0 Å². The van der Waals surface area contributed by atoms with Gasteiger partial charge in [-0.1, -0.05) is 43.8 Å². The zero-order chi connectivity index (χ0) is 18.5. The number of carbonyl (C=O) groups excluding carboxylic acids is 1. The average Bonchev–Trinajstić information content (AvgIpc) is 2.94. The van der Waals surface area contributed by atoms with Crippen LogP contribution in [0.4, 0.5) is 5.69 Å². The van der Waals surface area contributed by atoms with Crippen molar-refractivity contribution < 1.29 is 9.53 Å². The van der Waals surface area contributed by atoms with Gasteiger partial charge in [-0.3, -0.25) is 9.69 Å². The number of nitrogens with zero attached hydrogens (tertiary/aromatic N) is 1. The van der Waals surface area contributed by atoms with Gasteiger partial charge in [-0.05, 0) is 60.1 Å². The molecule has 1 aliphatic heterocycles. The average molecular weight is 364 g/mol. The zero-order valence-corrected chi connectivity index (χ0v) is 15.4. The molecule has 1 aliphatic rings. The first-order valence-corrected chi connectivity index (χ1v) is 8.83. The Labute approximate surface area is 158 Å². The number of hydrogen-bond acceptors (Lipinski definition) is 3. The molecule has 1 amide bonds. The van der Waals surface area contributed by atoms with Crippen molar-refractivity contribution in [2.45, 2.75) is 13.3 Å². The van der Waals surface area contributed by atoms with E-state index in [2.05, 4.69) is 18.8 Å². The standard InChI is InChI=1S/C21H20N2O2S/c1-3-12-25-18-10-8-16(9-11-18)14-19-20(24)23(21(26)22-19)17-7-5-6-15(4-2)13-17/h3,5-11,13-14H,1,4,12H2,2H3,(H,22,26)/b19-14+. The lowest BCUT2D eigenvalue weighted by Gasteiger charge is -2.14. The second kappa shape index (κ2) is 7.97. The number of aryl methyl sites for hydroxylation is 1. The summed E-state index contributed by atoms with van der Waals surface area (Å²) in [6.07, 6.45) is 4.38. The molecule has 2 aromatic rings. The molecule has 4 nitrogen and oxygen atoms in total. The predicted molar refractivity (Wildman–Crippen MR) is 109 cm³/mol. The molecule has 0 aromatic heterocycles. The van der Waals surface area contributed by atoms with Gasteiger partial charge in [-0.25, -0.2) is 0 Å². The van der Waals surface area contributed by atoms with Crippen LogP contribution in [-0.4, -0.2) is 17.6 Å². The molecule has 5 heteroatoms. The van der Waals surface area contributed by atoms with Crippen molar-refractivity contribution in [2.75, 3.05) is 11.5 Å². The van der Waals surface area contributed by atoms with Crippen molar-refractivity contribution in [3.63, 3.8) is 0 Å². The molecule has 1 fully saturated rings. The molecule has 0 atom stereocenters. The minimum Gasteiger partial charge on any atom is -0.490 e. The molecule has 0 radical (unpaired) electrons. The molecule has 3 rings (SSSR count). The monoisotopic (exact) mass is 364 g/mol. The first kappa shape index (κ1) is 17.9. The van der Waals surface area contributed by atoms with Gasteiger partial charge in [0, 0.05) is 0 Å². The van der Waals surface area contributed by atoms with Gasteiger partial charge >= 0.3 is 0 Å². The normalized spacial score (nSPS) is 15.3. The molecule has 26 heavy (non-hydrogen) atoms. The third kappa shape index (κ3) is 3.83. The van der Waals surface area contributed by atoms with E-state index in [0.29, 0.717) is 17.4 Å². The molecule has 1 N–H and O–H groups in total. The number of thiocarbonyl (C=S) groups is 1. The maximum Gasteiger partial charge on any atom is 0.281 e. The lowest BCUT2D eigenvalue weighted by Crippen LogP contribution is -2.30. The van der Waals surface area contributed by atoms with E-state index in [1.54, 1.807) is 12.2 Å². The zero-order valence-electron chi connectivity index (χ0n) is 14.6. The highest BCUT2D eigenvalue weighted by molar-refractivity contribution is 7.80. The van der Waals surface area contributed by atoms with Crippen molar-refractivity contribution in [1.29, 1.82) is 0 Å². The van der Waals surface area contributed by atoms with E-state index >= 15 is 0 Å². The highest BCUT2D eigenvalue weighted by atomic mass is 32.1. The second-order valence-corrected chi connectivity index (χ2v) is 6.21.